The van der Waals surface area contributed by atoms with E-state index in [1.807, 2.05) is 11.9 Å². The van der Waals surface area contributed by atoms with Crippen molar-refractivity contribution in [1.82, 2.24) is 19.8 Å². The van der Waals surface area contributed by atoms with Gasteiger partial charge in [-0.15, -0.1) is 0 Å². The monoisotopic (exact) mass is 489 g/mol. The molecule has 0 unspecified atom stereocenters. The lowest BCUT2D eigenvalue weighted by Gasteiger charge is -2.41. The molecule has 2 atom stereocenters. The summed E-state index contributed by atoms with van der Waals surface area (Å²) in [6, 6.07) is 1.95. The van der Waals surface area contributed by atoms with Gasteiger partial charge in [-0.1, -0.05) is 0 Å². The number of likely N-dealkylation sites (N-methyl/N-ethyl adjacent to an activating group) is 1. The molecule has 12 heteroatoms. The number of anilines is 2. The highest BCUT2D eigenvalue weighted by molar-refractivity contribution is 5.95. The molecule has 35 heavy (non-hydrogen) atoms. The lowest BCUT2D eigenvalue weighted by atomic mass is 10.1. The van der Waals surface area contributed by atoms with E-state index in [1.54, 1.807) is 25.7 Å². The molecule has 12 nitrogen and oxygen atoms in total. The van der Waals surface area contributed by atoms with Crippen molar-refractivity contribution in [3.05, 3.63) is 5.69 Å². The van der Waals surface area contributed by atoms with Crippen LogP contribution in [-0.4, -0.2) is 96.5 Å². The van der Waals surface area contributed by atoms with Gasteiger partial charge in [0, 0.05) is 25.7 Å². The van der Waals surface area contributed by atoms with Gasteiger partial charge in [0.05, 0.1) is 25.6 Å². The molecule has 1 amide bonds. The van der Waals surface area contributed by atoms with Crippen molar-refractivity contribution in [1.29, 1.82) is 5.26 Å². The van der Waals surface area contributed by atoms with Crippen LogP contribution >= 0.6 is 0 Å². The molecule has 192 valence electrons. The minimum Gasteiger partial charge on any atom is -0.464 e. The van der Waals surface area contributed by atoms with Crippen LogP contribution in [0.1, 0.15) is 50.5 Å². The number of nitrogens with zero attached hydrogens (tertiary/aromatic N) is 6. The predicted octanol–water partition coefficient (Wildman–Crippen LogP) is 1.66. The Balaban J connectivity index is 1.85. The van der Waals surface area contributed by atoms with Gasteiger partial charge in [0.15, 0.2) is 11.5 Å². The summed E-state index contributed by atoms with van der Waals surface area (Å²) in [7, 11) is 3.29. The van der Waals surface area contributed by atoms with Gasteiger partial charge in [0.1, 0.15) is 17.9 Å². The number of hydrogen-bond acceptors (Lipinski definition) is 11. The molecule has 0 saturated carbocycles. The van der Waals surface area contributed by atoms with Gasteiger partial charge in [-0.25, -0.2) is 9.59 Å². The van der Waals surface area contributed by atoms with Crippen molar-refractivity contribution in [2.45, 2.75) is 57.7 Å². The van der Waals surface area contributed by atoms with Crippen LogP contribution < -0.4 is 15.4 Å². The summed E-state index contributed by atoms with van der Waals surface area (Å²) in [6.07, 6.45) is 1.72. The van der Waals surface area contributed by atoms with Gasteiger partial charge in [0.2, 0.25) is 0 Å². The number of hydrogen-bond donors (Lipinski definition) is 1. The molecule has 2 fully saturated rings. The highest BCUT2D eigenvalue weighted by atomic mass is 16.6. The highest BCUT2D eigenvalue weighted by Gasteiger charge is 2.35. The summed E-state index contributed by atoms with van der Waals surface area (Å²) in [6.45, 7) is 7.69. The van der Waals surface area contributed by atoms with Gasteiger partial charge < -0.3 is 34.6 Å². The molecule has 2 saturated heterocycles. The highest BCUT2D eigenvalue weighted by Crippen LogP contribution is 2.30. The number of amides is 1. The van der Waals surface area contributed by atoms with Crippen LogP contribution in [0.2, 0.25) is 0 Å². The van der Waals surface area contributed by atoms with Gasteiger partial charge in [-0.3, -0.25) is 0 Å². The van der Waals surface area contributed by atoms with Crippen molar-refractivity contribution in [3.63, 3.8) is 0 Å². The number of nitrogen functional groups attached to an aromatic ring is 1. The molecule has 0 bridgehead atoms. The maximum atomic E-state index is 12.7. The second kappa shape index (κ2) is 10.9. The number of nitrogens with two attached hydrogens (primary N) is 1. The van der Waals surface area contributed by atoms with Gasteiger partial charge >= 0.3 is 18.1 Å². The van der Waals surface area contributed by atoms with Crippen LogP contribution in [0.3, 0.4) is 0 Å². The van der Waals surface area contributed by atoms with Gasteiger partial charge in [-0.2, -0.15) is 15.2 Å². The lowest BCUT2D eigenvalue weighted by molar-refractivity contribution is 0.0144. The average Bonchev–Trinajstić information content (AvgIpc) is 3.21. The van der Waals surface area contributed by atoms with Crippen LogP contribution in [0.25, 0.3) is 0 Å². The summed E-state index contributed by atoms with van der Waals surface area (Å²) in [5.41, 5.74) is 5.61. The first-order valence-corrected chi connectivity index (χ1v) is 11.7. The van der Waals surface area contributed by atoms with Crippen LogP contribution in [0.5, 0.6) is 6.01 Å². The summed E-state index contributed by atoms with van der Waals surface area (Å²) in [5, 5.41) is 9.37. The third-order valence-electron chi connectivity index (χ3n) is 6.10. The maximum absolute atomic E-state index is 12.7. The fourth-order valence-corrected chi connectivity index (χ4v) is 4.24. The Morgan fingerprint density at radius 1 is 1.20 bits per heavy atom. The molecular formula is C23H35N7O5. The van der Waals surface area contributed by atoms with Crippen molar-refractivity contribution in [2.75, 3.05) is 57.6 Å². The summed E-state index contributed by atoms with van der Waals surface area (Å²) < 4.78 is 16.3. The van der Waals surface area contributed by atoms with E-state index in [0.29, 0.717) is 25.5 Å². The molecule has 3 rings (SSSR count). The van der Waals surface area contributed by atoms with E-state index in [1.165, 1.54) is 7.11 Å². The first kappa shape index (κ1) is 26.3. The standard InChI is InChI=1S/C23H35N7O5/c1-23(2,3)35-22(32)30-12-11-29(13-15(30)8-9-24)19-17(25)18(20(31)33-5)26-21(27-19)34-14-16-7-6-10-28(16)4/h15-16H,6-8,10-14,25H2,1-5H3/t15-,16-/m0/s1. The number of aromatic nitrogens is 2. The fraction of sp³-hybridized carbons (Fsp3) is 0.696. The molecule has 2 N–H and O–H groups in total. The van der Waals surface area contributed by atoms with E-state index in [-0.39, 0.29) is 36.4 Å². The molecule has 0 spiro atoms. The minimum atomic E-state index is -0.699. The number of piperazine rings is 1. The predicted molar refractivity (Wildman–Crippen MR) is 128 cm³/mol. The SMILES string of the molecule is COC(=O)c1nc(OC[C@@H]2CCCN2C)nc(N2CCN(C(=O)OC(C)(C)C)[C@@H](CC#N)C2)c1N. The van der Waals surface area contributed by atoms with Crippen molar-refractivity contribution in [2.24, 2.45) is 0 Å². The number of likely N-dealkylation sites (tertiary alicyclic amines) is 1. The summed E-state index contributed by atoms with van der Waals surface area (Å²) in [5.74, 6) is -0.392. The first-order chi connectivity index (χ1) is 16.5. The number of nitriles is 1. The molecule has 0 radical (unpaired) electrons. The summed E-state index contributed by atoms with van der Waals surface area (Å²) >= 11 is 0. The van der Waals surface area contributed by atoms with E-state index in [9.17, 15) is 14.9 Å². The number of rotatable bonds is 6. The zero-order valence-corrected chi connectivity index (χ0v) is 21.1. The number of carbonyl (C=O) groups is 2. The fourth-order valence-electron chi connectivity index (χ4n) is 4.24. The Kier molecular flexibility index (Phi) is 8.22. The largest absolute Gasteiger partial charge is 0.464 e. The van der Waals surface area contributed by atoms with Crippen molar-refractivity contribution >= 4 is 23.6 Å². The Morgan fingerprint density at radius 3 is 2.54 bits per heavy atom. The first-order valence-electron chi connectivity index (χ1n) is 11.7. The van der Waals surface area contributed by atoms with E-state index >= 15 is 0 Å². The lowest BCUT2D eigenvalue weighted by Crippen LogP contribution is -2.56. The Labute approximate surface area is 205 Å². The molecule has 0 aromatic carbocycles. The number of ether oxygens (including phenoxy) is 3. The number of methoxy groups -OCH3 is 1. The second-order valence-electron chi connectivity index (χ2n) is 9.81. The molecular weight excluding hydrogens is 454 g/mol. The van der Waals surface area contributed by atoms with E-state index < -0.39 is 23.7 Å². The number of carbonyl (C=O) groups excluding carboxylic acids is 2. The topological polar surface area (TPSA) is 147 Å². The molecule has 1 aromatic rings. The van der Waals surface area contributed by atoms with E-state index in [2.05, 4.69) is 20.9 Å². The molecule has 2 aliphatic heterocycles. The Bertz CT molecular complexity index is 974. The third-order valence-corrected chi connectivity index (χ3v) is 6.10. The van der Waals surface area contributed by atoms with Crippen LogP contribution in [-0.2, 0) is 9.47 Å². The third kappa shape index (κ3) is 6.42. The number of esters is 1. The van der Waals surface area contributed by atoms with Gasteiger partial charge in [0.25, 0.3) is 0 Å². The summed E-state index contributed by atoms with van der Waals surface area (Å²) in [4.78, 5) is 39.4. The van der Waals surface area contributed by atoms with E-state index in [0.717, 1.165) is 19.4 Å². The molecule has 3 heterocycles. The van der Waals surface area contributed by atoms with Crippen LogP contribution in [0.4, 0.5) is 16.3 Å². The van der Waals surface area contributed by atoms with E-state index in [4.69, 9.17) is 19.9 Å². The molecule has 0 aliphatic carbocycles. The minimum absolute atomic E-state index is 0.0290. The van der Waals surface area contributed by atoms with Crippen molar-refractivity contribution in [3.8, 4) is 12.1 Å². The van der Waals surface area contributed by atoms with Crippen LogP contribution in [0, 0.1) is 11.3 Å². The smallest absolute Gasteiger partial charge is 0.410 e. The normalized spacial score (nSPS) is 20.9. The van der Waals surface area contributed by atoms with Crippen LogP contribution in [0.15, 0.2) is 0 Å². The maximum Gasteiger partial charge on any atom is 0.410 e. The molecule has 2 aliphatic rings. The van der Waals surface area contributed by atoms with Crippen molar-refractivity contribution < 1.29 is 23.8 Å². The van der Waals surface area contributed by atoms with Gasteiger partial charge in [-0.05, 0) is 47.2 Å². The zero-order chi connectivity index (χ0) is 25.8. The Morgan fingerprint density at radius 2 is 1.94 bits per heavy atom. The Hall–Kier alpha value is -3.33. The zero-order valence-electron chi connectivity index (χ0n) is 21.1. The quantitative estimate of drug-likeness (QED) is 0.582. The average molecular weight is 490 g/mol. The second-order valence-corrected chi connectivity index (χ2v) is 9.81. The molecule has 1 aromatic heterocycles.